The van der Waals surface area contributed by atoms with Crippen LogP contribution in [0.2, 0.25) is 5.02 Å². The van der Waals surface area contributed by atoms with Gasteiger partial charge in [-0.25, -0.2) is 0 Å². The van der Waals surface area contributed by atoms with Crippen LogP contribution in [-0.4, -0.2) is 18.3 Å². The quantitative estimate of drug-likeness (QED) is 0.911. The largest absolute Gasteiger partial charge is 0.508 e. The molecule has 5 heteroatoms. The molecule has 1 aliphatic heterocycles. The van der Waals surface area contributed by atoms with Crippen molar-refractivity contribution in [1.82, 2.24) is 5.32 Å². The van der Waals surface area contributed by atoms with Gasteiger partial charge in [-0.2, -0.15) is 0 Å². The number of hydrogen-bond donors (Lipinski definition) is 2. The van der Waals surface area contributed by atoms with Crippen LogP contribution in [0.1, 0.15) is 11.1 Å². The molecule has 0 radical (unpaired) electrons. The van der Waals surface area contributed by atoms with Crippen molar-refractivity contribution >= 4 is 11.6 Å². The summed E-state index contributed by atoms with van der Waals surface area (Å²) in [6.45, 7) is 2.39. The molecular formula is C16H16ClNO3. The van der Waals surface area contributed by atoms with E-state index in [-0.39, 0.29) is 5.75 Å². The molecule has 2 aromatic rings. The molecule has 21 heavy (non-hydrogen) atoms. The van der Waals surface area contributed by atoms with E-state index in [1.165, 1.54) is 0 Å². The van der Waals surface area contributed by atoms with Gasteiger partial charge in [0.25, 0.3) is 0 Å². The summed E-state index contributed by atoms with van der Waals surface area (Å²) < 4.78 is 11.0. The van der Waals surface area contributed by atoms with Crippen LogP contribution >= 0.6 is 11.6 Å². The van der Waals surface area contributed by atoms with Crippen LogP contribution in [0.5, 0.6) is 17.2 Å². The lowest BCUT2D eigenvalue weighted by Gasteiger charge is -2.19. The Kier molecular flexibility index (Phi) is 4.18. The molecular weight excluding hydrogens is 290 g/mol. The number of benzene rings is 2. The molecule has 0 spiro atoms. The second-order valence-corrected chi connectivity index (χ2v) is 5.29. The van der Waals surface area contributed by atoms with E-state index in [0.717, 1.165) is 22.6 Å². The number of hydrogen-bond acceptors (Lipinski definition) is 4. The molecule has 110 valence electrons. The molecule has 0 saturated heterocycles. The van der Waals surface area contributed by atoms with Crippen molar-refractivity contribution in [2.24, 2.45) is 0 Å². The fourth-order valence-electron chi connectivity index (χ4n) is 2.23. The molecule has 2 N–H and O–H groups in total. The first kappa shape index (κ1) is 14.0. The first-order chi connectivity index (χ1) is 10.2. The van der Waals surface area contributed by atoms with Gasteiger partial charge in [-0.05, 0) is 35.9 Å². The normalized spacial score (nSPS) is 13.2. The standard InChI is InChI=1S/C16H16ClNO3/c17-13-2-3-14(19)12(8-13)10-18-9-11-1-4-15-16(7-11)21-6-5-20-15/h1-4,7-8,18-19H,5-6,9-10H2. The second-order valence-electron chi connectivity index (χ2n) is 4.85. The Morgan fingerprint density at radius 1 is 1.00 bits per heavy atom. The first-order valence-corrected chi connectivity index (χ1v) is 7.17. The van der Waals surface area contributed by atoms with Crippen molar-refractivity contribution in [1.29, 1.82) is 0 Å². The molecule has 0 saturated carbocycles. The van der Waals surface area contributed by atoms with E-state index in [1.54, 1.807) is 18.2 Å². The van der Waals surface area contributed by atoms with Crippen molar-refractivity contribution in [3.8, 4) is 17.2 Å². The summed E-state index contributed by atoms with van der Waals surface area (Å²) in [5.41, 5.74) is 1.88. The van der Waals surface area contributed by atoms with Crippen molar-refractivity contribution in [2.75, 3.05) is 13.2 Å². The Morgan fingerprint density at radius 2 is 1.81 bits per heavy atom. The van der Waals surface area contributed by atoms with Crippen LogP contribution in [0.15, 0.2) is 36.4 Å². The third-order valence-electron chi connectivity index (χ3n) is 3.29. The lowest BCUT2D eigenvalue weighted by Crippen LogP contribution is -2.16. The number of fused-ring (bicyclic) bond motifs is 1. The SMILES string of the molecule is Oc1ccc(Cl)cc1CNCc1ccc2c(c1)OCCO2. The van der Waals surface area contributed by atoms with Gasteiger partial charge in [0.1, 0.15) is 19.0 Å². The van der Waals surface area contributed by atoms with Gasteiger partial charge in [-0.15, -0.1) is 0 Å². The third kappa shape index (κ3) is 3.40. The molecule has 0 aliphatic carbocycles. The van der Waals surface area contributed by atoms with E-state index in [9.17, 15) is 5.11 Å². The van der Waals surface area contributed by atoms with Crippen molar-refractivity contribution in [2.45, 2.75) is 13.1 Å². The molecule has 0 fully saturated rings. The van der Waals surface area contributed by atoms with E-state index >= 15 is 0 Å². The lowest BCUT2D eigenvalue weighted by molar-refractivity contribution is 0.171. The minimum absolute atomic E-state index is 0.245. The molecule has 4 nitrogen and oxygen atoms in total. The zero-order valence-corrected chi connectivity index (χ0v) is 12.2. The average molecular weight is 306 g/mol. The summed E-state index contributed by atoms with van der Waals surface area (Å²) in [6.07, 6.45) is 0. The summed E-state index contributed by atoms with van der Waals surface area (Å²) in [5, 5.41) is 13.6. The smallest absolute Gasteiger partial charge is 0.161 e. The van der Waals surface area contributed by atoms with Crippen LogP contribution in [0.3, 0.4) is 0 Å². The fraction of sp³-hybridized carbons (Fsp3) is 0.250. The van der Waals surface area contributed by atoms with E-state index < -0.39 is 0 Å². The van der Waals surface area contributed by atoms with Gasteiger partial charge in [0, 0.05) is 23.7 Å². The number of phenols is 1. The fourth-order valence-corrected chi connectivity index (χ4v) is 2.43. The minimum Gasteiger partial charge on any atom is -0.508 e. The Balaban J connectivity index is 1.61. The highest BCUT2D eigenvalue weighted by atomic mass is 35.5. The maximum Gasteiger partial charge on any atom is 0.161 e. The Morgan fingerprint density at radius 3 is 2.67 bits per heavy atom. The van der Waals surface area contributed by atoms with Gasteiger partial charge in [0.05, 0.1) is 0 Å². The summed E-state index contributed by atoms with van der Waals surface area (Å²) in [6, 6.07) is 10.9. The Labute approximate surface area is 128 Å². The molecule has 3 rings (SSSR count). The van der Waals surface area contributed by atoms with Gasteiger partial charge in [0.2, 0.25) is 0 Å². The predicted octanol–water partition coefficient (Wildman–Crippen LogP) is 3.11. The highest BCUT2D eigenvalue weighted by Crippen LogP contribution is 2.30. The topological polar surface area (TPSA) is 50.7 Å². The molecule has 0 aromatic heterocycles. The molecule has 0 unspecified atom stereocenters. The lowest BCUT2D eigenvalue weighted by atomic mass is 10.1. The van der Waals surface area contributed by atoms with Crippen LogP contribution < -0.4 is 14.8 Å². The molecule has 0 amide bonds. The first-order valence-electron chi connectivity index (χ1n) is 6.79. The van der Waals surface area contributed by atoms with Crippen molar-refractivity contribution < 1.29 is 14.6 Å². The zero-order valence-electron chi connectivity index (χ0n) is 11.4. The molecule has 0 atom stereocenters. The second kappa shape index (κ2) is 6.24. The van der Waals surface area contributed by atoms with Crippen LogP contribution in [-0.2, 0) is 13.1 Å². The Bertz CT molecular complexity index is 645. The maximum absolute atomic E-state index is 9.76. The number of nitrogens with one attached hydrogen (secondary N) is 1. The van der Waals surface area contributed by atoms with E-state index in [2.05, 4.69) is 5.32 Å². The number of halogens is 1. The maximum atomic E-state index is 9.76. The van der Waals surface area contributed by atoms with Gasteiger partial charge in [0.15, 0.2) is 11.5 Å². The van der Waals surface area contributed by atoms with Gasteiger partial charge in [-0.1, -0.05) is 17.7 Å². The van der Waals surface area contributed by atoms with E-state index in [4.69, 9.17) is 21.1 Å². The highest BCUT2D eigenvalue weighted by molar-refractivity contribution is 6.30. The molecule has 0 bridgehead atoms. The number of phenolic OH excluding ortho intramolecular Hbond substituents is 1. The minimum atomic E-state index is 0.245. The van der Waals surface area contributed by atoms with Gasteiger partial charge < -0.3 is 19.9 Å². The highest BCUT2D eigenvalue weighted by Gasteiger charge is 2.11. The van der Waals surface area contributed by atoms with Gasteiger partial charge in [-0.3, -0.25) is 0 Å². The molecule has 1 aliphatic rings. The molecule has 2 aromatic carbocycles. The zero-order chi connectivity index (χ0) is 14.7. The van der Waals surface area contributed by atoms with Crippen LogP contribution in [0.4, 0.5) is 0 Å². The summed E-state index contributed by atoms with van der Waals surface area (Å²) >= 11 is 5.92. The monoisotopic (exact) mass is 305 g/mol. The van der Waals surface area contributed by atoms with Crippen LogP contribution in [0, 0.1) is 0 Å². The third-order valence-corrected chi connectivity index (χ3v) is 3.53. The van der Waals surface area contributed by atoms with E-state index in [0.29, 0.717) is 31.3 Å². The predicted molar refractivity (Wildman–Crippen MR) is 81.1 cm³/mol. The summed E-state index contributed by atoms with van der Waals surface area (Å²) in [4.78, 5) is 0. The van der Waals surface area contributed by atoms with Crippen molar-refractivity contribution in [3.63, 3.8) is 0 Å². The summed E-state index contributed by atoms with van der Waals surface area (Å²) in [5.74, 6) is 1.82. The van der Waals surface area contributed by atoms with Gasteiger partial charge >= 0.3 is 0 Å². The van der Waals surface area contributed by atoms with Crippen molar-refractivity contribution in [3.05, 3.63) is 52.5 Å². The number of rotatable bonds is 4. The van der Waals surface area contributed by atoms with E-state index in [1.807, 2.05) is 18.2 Å². The number of aromatic hydroxyl groups is 1. The summed E-state index contributed by atoms with van der Waals surface area (Å²) in [7, 11) is 0. The number of ether oxygens (including phenoxy) is 2. The average Bonchev–Trinajstić information content (AvgIpc) is 2.50. The molecule has 1 heterocycles. The van der Waals surface area contributed by atoms with Crippen LogP contribution in [0.25, 0.3) is 0 Å². The Hall–Kier alpha value is -1.91.